The summed E-state index contributed by atoms with van der Waals surface area (Å²) in [5.74, 6) is 0.341. The van der Waals surface area contributed by atoms with E-state index in [4.69, 9.17) is 0 Å². The first kappa shape index (κ1) is 11.0. The molecule has 2 heterocycles. The van der Waals surface area contributed by atoms with E-state index >= 15 is 0 Å². The second-order valence-electron chi connectivity index (χ2n) is 3.76. The summed E-state index contributed by atoms with van der Waals surface area (Å²) in [5, 5.41) is 3.71. The van der Waals surface area contributed by atoms with Gasteiger partial charge in [0.25, 0.3) is 10.0 Å². The number of amidine groups is 1. The van der Waals surface area contributed by atoms with Crippen LogP contribution in [0.3, 0.4) is 0 Å². The van der Waals surface area contributed by atoms with Crippen LogP contribution in [-0.2, 0) is 16.6 Å². The molecule has 0 saturated carbocycles. The maximum atomic E-state index is 11.8. The molecule has 1 N–H and O–H groups in total. The Morgan fingerprint density at radius 2 is 2.11 bits per heavy atom. The summed E-state index contributed by atoms with van der Waals surface area (Å²) >= 11 is 0. The number of hydrogen-bond donors (Lipinski definition) is 1. The molecular formula is C11H9N3O3S. The smallest absolute Gasteiger partial charge is 0.263 e. The highest BCUT2D eigenvalue weighted by Crippen LogP contribution is 2.22. The number of fused-ring (bicyclic) bond motifs is 1. The van der Waals surface area contributed by atoms with Crippen molar-refractivity contribution in [1.82, 2.24) is 9.88 Å². The molecule has 3 rings (SSSR count). The molecule has 0 bridgehead atoms. The highest BCUT2D eigenvalue weighted by Gasteiger charge is 2.29. The monoisotopic (exact) mass is 263 g/mol. The average molecular weight is 263 g/mol. The predicted molar refractivity (Wildman–Crippen MR) is 63.5 cm³/mol. The van der Waals surface area contributed by atoms with Crippen LogP contribution in [0.5, 0.6) is 0 Å². The van der Waals surface area contributed by atoms with E-state index in [9.17, 15) is 8.42 Å². The zero-order valence-corrected chi connectivity index (χ0v) is 10.0. The fraction of sp³-hybridized carbons (Fsp3) is 0.0909. The average Bonchev–Trinajstić information content (AvgIpc) is 2.95. The van der Waals surface area contributed by atoms with Crippen LogP contribution in [0.25, 0.3) is 0 Å². The zero-order valence-electron chi connectivity index (χ0n) is 9.20. The van der Waals surface area contributed by atoms with E-state index < -0.39 is 10.0 Å². The van der Waals surface area contributed by atoms with E-state index in [0.717, 1.165) is 0 Å². The van der Waals surface area contributed by atoms with E-state index in [1.807, 2.05) is 0 Å². The lowest BCUT2D eigenvalue weighted by atomic mass is 10.2. The van der Waals surface area contributed by atoms with Gasteiger partial charge in [-0.2, -0.15) is 0 Å². The predicted octanol–water partition coefficient (Wildman–Crippen LogP) is 0.913. The van der Waals surface area contributed by atoms with Gasteiger partial charge in [0, 0.05) is 11.6 Å². The van der Waals surface area contributed by atoms with Crippen LogP contribution < -0.4 is 4.72 Å². The number of nitrogens with one attached hydrogen (secondary N) is 1. The van der Waals surface area contributed by atoms with Crippen LogP contribution in [0, 0.1) is 0 Å². The van der Waals surface area contributed by atoms with Gasteiger partial charge in [0.2, 0.25) is 0 Å². The number of aliphatic imine (C=N–C) groups is 1. The Hall–Kier alpha value is -2.15. The second-order valence-corrected chi connectivity index (χ2v) is 5.41. The maximum Gasteiger partial charge on any atom is 0.263 e. The van der Waals surface area contributed by atoms with Crippen molar-refractivity contribution in [1.29, 1.82) is 0 Å². The molecule has 0 unspecified atom stereocenters. The van der Waals surface area contributed by atoms with Gasteiger partial charge in [-0.25, -0.2) is 8.42 Å². The molecule has 6 nitrogen and oxygen atoms in total. The van der Waals surface area contributed by atoms with Crippen LogP contribution in [0.1, 0.15) is 11.3 Å². The Morgan fingerprint density at radius 1 is 1.28 bits per heavy atom. The third-order valence-corrected chi connectivity index (χ3v) is 3.95. The molecule has 1 aliphatic heterocycles. The minimum Gasteiger partial charge on any atom is -0.364 e. The van der Waals surface area contributed by atoms with E-state index in [1.54, 1.807) is 30.3 Å². The van der Waals surface area contributed by atoms with Crippen molar-refractivity contribution in [3.63, 3.8) is 0 Å². The number of rotatable bonds is 2. The van der Waals surface area contributed by atoms with Crippen LogP contribution in [0.4, 0.5) is 0 Å². The standard InChI is InChI=1S/C11H9N3O3S/c15-18(16)10-4-2-1-3-9(10)11(14-18)12-7-8-5-6-17-13-8/h1-6H,7H2,(H,12,14). The summed E-state index contributed by atoms with van der Waals surface area (Å²) in [7, 11) is -3.47. The fourth-order valence-corrected chi connectivity index (χ4v) is 2.98. The van der Waals surface area contributed by atoms with Crippen LogP contribution in [0.2, 0.25) is 0 Å². The maximum absolute atomic E-state index is 11.8. The van der Waals surface area contributed by atoms with Gasteiger partial charge >= 0.3 is 0 Å². The molecule has 18 heavy (non-hydrogen) atoms. The molecule has 0 radical (unpaired) electrons. The first-order chi connectivity index (χ1) is 8.67. The summed E-state index contributed by atoms with van der Waals surface area (Å²) in [6.45, 7) is 0.267. The van der Waals surface area contributed by atoms with Crippen LogP contribution in [0.15, 0.2) is 51.0 Å². The highest BCUT2D eigenvalue weighted by molar-refractivity contribution is 7.90. The Morgan fingerprint density at radius 3 is 2.89 bits per heavy atom. The Labute approximate surface area is 103 Å². The number of benzene rings is 1. The van der Waals surface area contributed by atoms with Gasteiger partial charge in [0.1, 0.15) is 17.8 Å². The first-order valence-corrected chi connectivity index (χ1v) is 6.71. The van der Waals surface area contributed by atoms with E-state index in [2.05, 4.69) is 19.4 Å². The summed E-state index contributed by atoms with van der Waals surface area (Å²) in [5.41, 5.74) is 1.23. The van der Waals surface area contributed by atoms with Crippen LogP contribution in [-0.4, -0.2) is 19.4 Å². The van der Waals surface area contributed by atoms with E-state index in [0.29, 0.717) is 17.1 Å². The molecule has 1 aromatic heterocycles. The third kappa shape index (κ3) is 1.78. The summed E-state index contributed by atoms with van der Waals surface area (Å²) in [6.07, 6.45) is 1.45. The molecule has 2 aromatic rings. The topological polar surface area (TPSA) is 84.6 Å². The van der Waals surface area contributed by atoms with Gasteiger partial charge in [-0.05, 0) is 12.1 Å². The minimum atomic E-state index is -3.47. The minimum absolute atomic E-state index is 0.254. The number of sulfonamides is 1. The molecule has 0 fully saturated rings. The quantitative estimate of drug-likeness (QED) is 0.872. The number of nitrogens with zero attached hydrogens (tertiary/aromatic N) is 2. The molecule has 1 aliphatic rings. The first-order valence-electron chi connectivity index (χ1n) is 5.23. The van der Waals surface area contributed by atoms with Gasteiger partial charge in [0.05, 0.1) is 11.4 Å². The summed E-state index contributed by atoms with van der Waals surface area (Å²) < 4.78 is 30.7. The fourth-order valence-electron chi connectivity index (χ4n) is 1.73. The third-order valence-electron chi connectivity index (χ3n) is 2.55. The molecule has 1 aromatic carbocycles. The largest absolute Gasteiger partial charge is 0.364 e. The Balaban J connectivity index is 1.99. The normalized spacial score (nSPS) is 18.6. The van der Waals surface area contributed by atoms with Crippen molar-refractivity contribution in [2.45, 2.75) is 11.4 Å². The van der Waals surface area contributed by atoms with Crippen molar-refractivity contribution in [3.8, 4) is 0 Å². The SMILES string of the molecule is O=S1(=O)NC(=NCc2ccon2)c2ccccc21. The van der Waals surface area contributed by atoms with Crippen LogP contribution >= 0.6 is 0 Å². The molecule has 0 spiro atoms. The summed E-state index contributed by atoms with van der Waals surface area (Å²) in [4.78, 5) is 4.46. The molecule has 0 aliphatic carbocycles. The van der Waals surface area contributed by atoms with Crippen molar-refractivity contribution in [2.75, 3.05) is 0 Å². The highest BCUT2D eigenvalue weighted by atomic mass is 32.2. The van der Waals surface area contributed by atoms with E-state index in [-0.39, 0.29) is 11.4 Å². The lowest BCUT2D eigenvalue weighted by Gasteiger charge is -1.96. The molecule has 92 valence electrons. The van der Waals surface area contributed by atoms with Gasteiger partial charge in [-0.15, -0.1) is 0 Å². The Kier molecular flexibility index (Phi) is 2.41. The lowest BCUT2D eigenvalue weighted by Crippen LogP contribution is -2.22. The van der Waals surface area contributed by atoms with Gasteiger partial charge < -0.3 is 4.52 Å². The number of aromatic nitrogens is 1. The van der Waals surface area contributed by atoms with E-state index in [1.165, 1.54) is 6.26 Å². The zero-order chi connectivity index (χ0) is 12.6. The molecule has 0 saturated heterocycles. The second kappa shape index (κ2) is 3.95. The molecule has 7 heteroatoms. The van der Waals surface area contributed by atoms with Crippen molar-refractivity contribution >= 4 is 15.9 Å². The molecule has 0 atom stereocenters. The number of hydrogen-bond acceptors (Lipinski definition) is 5. The van der Waals surface area contributed by atoms with Gasteiger partial charge in [-0.1, -0.05) is 17.3 Å². The molecular weight excluding hydrogens is 254 g/mol. The Bertz CT molecular complexity index is 705. The lowest BCUT2D eigenvalue weighted by molar-refractivity contribution is 0.412. The van der Waals surface area contributed by atoms with Crippen molar-refractivity contribution in [2.24, 2.45) is 4.99 Å². The summed E-state index contributed by atoms with van der Waals surface area (Å²) in [6, 6.07) is 8.40. The van der Waals surface area contributed by atoms with Crippen molar-refractivity contribution < 1.29 is 12.9 Å². The van der Waals surface area contributed by atoms with Gasteiger partial charge in [0.15, 0.2) is 0 Å². The van der Waals surface area contributed by atoms with Gasteiger partial charge in [-0.3, -0.25) is 9.71 Å². The molecule has 0 amide bonds. The van der Waals surface area contributed by atoms with Crippen molar-refractivity contribution in [3.05, 3.63) is 47.9 Å².